The molecule has 0 spiro atoms. The molecule has 0 aliphatic carbocycles. The average Bonchev–Trinajstić information content (AvgIpc) is 3.15. The third-order valence-electron chi connectivity index (χ3n) is 3.37. The Balaban J connectivity index is 1.90. The summed E-state index contributed by atoms with van der Waals surface area (Å²) in [5, 5.41) is 10.1. The highest BCUT2D eigenvalue weighted by Crippen LogP contribution is 2.32. The van der Waals surface area contributed by atoms with Gasteiger partial charge < -0.3 is 10.1 Å². The summed E-state index contributed by atoms with van der Waals surface area (Å²) < 4.78 is 8.67. The minimum Gasteiger partial charge on any atom is -0.490 e. The lowest BCUT2D eigenvalue weighted by atomic mass is 10.1. The molecule has 120 valence electrons. The van der Waals surface area contributed by atoms with Crippen molar-refractivity contribution in [3.05, 3.63) is 41.5 Å². The van der Waals surface area contributed by atoms with E-state index in [9.17, 15) is 4.79 Å². The number of thiophene rings is 1. The lowest BCUT2D eigenvalue weighted by molar-refractivity contribution is 0.102. The molecular formula is C17H19N3O2S. The van der Waals surface area contributed by atoms with Crippen molar-refractivity contribution in [3.63, 3.8) is 0 Å². The van der Waals surface area contributed by atoms with E-state index in [0.717, 1.165) is 22.4 Å². The molecule has 3 rings (SSSR count). The van der Waals surface area contributed by atoms with Crippen LogP contribution in [0.1, 0.15) is 31.1 Å². The van der Waals surface area contributed by atoms with Crippen molar-refractivity contribution in [3.8, 4) is 5.75 Å². The summed E-state index contributed by atoms with van der Waals surface area (Å²) in [6.07, 6.45) is 3.52. The van der Waals surface area contributed by atoms with E-state index in [4.69, 9.17) is 4.74 Å². The van der Waals surface area contributed by atoms with Gasteiger partial charge in [-0.15, -0.1) is 11.3 Å². The highest BCUT2D eigenvalue weighted by atomic mass is 32.1. The predicted molar refractivity (Wildman–Crippen MR) is 93.4 cm³/mol. The standard InChI is InChI=1S/C17H19N3O2S/c1-4-20-10-13(9-18-20)19-17(21)12-7-15(22-11(2)3)14-5-6-23-16(14)8-12/h5-11H,4H2,1-3H3,(H,19,21). The second kappa shape index (κ2) is 6.42. The SMILES string of the molecule is CCn1cc(NC(=O)c2cc(OC(C)C)c3ccsc3c2)cn1. The van der Waals surface area contributed by atoms with Gasteiger partial charge in [-0.3, -0.25) is 9.48 Å². The summed E-state index contributed by atoms with van der Waals surface area (Å²) in [6, 6.07) is 5.71. The van der Waals surface area contributed by atoms with Gasteiger partial charge in [0, 0.05) is 28.4 Å². The minimum atomic E-state index is -0.162. The summed E-state index contributed by atoms with van der Waals surface area (Å²) in [5.74, 6) is 0.581. The number of hydrogen-bond donors (Lipinski definition) is 1. The number of carbonyl (C=O) groups excluding carboxylic acids is 1. The van der Waals surface area contributed by atoms with Gasteiger partial charge in [-0.1, -0.05) is 0 Å². The van der Waals surface area contributed by atoms with Crippen LogP contribution in [-0.2, 0) is 6.54 Å². The summed E-state index contributed by atoms with van der Waals surface area (Å²) in [5.41, 5.74) is 1.27. The zero-order valence-electron chi connectivity index (χ0n) is 13.4. The van der Waals surface area contributed by atoms with E-state index in [1.54, 1.807) is 28.3 Å². The van der Waals surface area contributed by atoms with E-state index in [-0.39, 0.29) is 12.0 Å². The molecule has 0 aliphatic heterocycles. The van der Waals surface area contributed by atoms with Crippen LogP contribution in [0.3, 0.4) is 0 Å². The molecule has 1 amide bonds. The zero-order valence-corrected chi connectivity index (χ0v) is 14.2. The molecule has 2 aromatic heterocycles. The maximum absolute atomic E-state index is 12.5. The maximum atomic E-state index is 12.5. The van der Waals surface area contributed by atoms with Gasteiger partial charge in [0.15, 0.2) is 0 Å². The molecule has 0 fully saturated rings. The Bertz CT molecular complexity index is 835. The Morgan fingerprint density at radius 2 is 2.26 bits per heavy atom. The molecule has 0 bridgehead atoms. The Kier molecular flexibility index (Phi) is 4.34. The average molecular weight is 329 g/mol. The first-order chi connectivity index (χ1) is 11.1. The third kappa shape index (κ3) is 3.37. The van der Waals surface area contributed by atoms with E-state index in [1.165, 1.54) is 0 Å². The van der Waals surface area contributed by atoms with Crippen LogP contribution in [0, 0.1) is 0 Å². The fourth-order valence-electron chi connectivity index (χ4n) is 2.33. The van der Waals surface area contributed by atoms with Crippen molar-refractivity contribution < 1.29 is 9.53 Å². The molecule has 1 N–H and O–H groups in total. The number of amides is 1. The Morgan fingerprint density at radius 1 is 1.43 bits per heavy atom. The second-order valence-corrected chi connectivity index (χ2v) is 6.46. The maximum Gasteiger partial charge on any atom is 0.255 e. The Hall–Kier alpha value is -2.34. The Morgan fingerprint density at radius 3 is 2.96 bits per heavy atom. The van der Waals surface area contributed by atoms with Crippen LogP contribution in [0.2, 0.25) is 0 Å². The van der Waals surface area contributed by atoms with Crippen LogP contribution in [0.5, 0.6) is 5.75 Å². The largest absolute Gasteiger partial charge is 0.490 e. The van der Waals surface area contributed by atoms with Crippen LogP contribution in [0.25, 0.3) is 10.1 Å². The van der Waals surface area contributed by atoms with Crippen molar-refractivity contribution in [1.82, 2.24) is 9.78 Å². The Labute approximate surface area is 138 Å². The number of ether oxygens (including phenoxy) is 1. The van der Waals surface area contributed by atoms with Crippen molar-refractivity contribution >= 4 is 33.0 Å². The van der Waals surface area contributed by atoms with Crippen LogP contribution in [-0.4, -0.2) is 21.8 Å². The number of nitrogens with zero attached hydrogens (tertiary/aromatic N) is 2. The van der Waals surface area contributed by atoms with Gasteiger partial charge in [-0.2, -0.15) is 5.10 Å². The van der Waals surface area contributed by atoms with E-state index in [1.807, 2.05) is 44.5 Å². The van der Waals surface area contributed by atoms with Gasteiger partial charge in [0.1, 0.15) is 5.75 Å². The molecule has 1 aromatic carbocycles. The van der Waals surface area contributed by atoms with Gasteiger partial charge in [0.2, 0.25) is 0 Å². The third-order valence-corrected chi connectivity index (χ3v) is 4.24. The van der Waals surface area contributed by atoms with E-state index < -0.39 is 0 Å². The first-order valence-corrected chi connectivity index (χ1v) is 8.46. The van der Waals surface area contributed by atoms with E-state index >= 15 is 0 Å². The monoisotopic (exact) mass is 329 g/mol. The number of benzene rings is 1. The summed E-state index contributed by atoms with van der Waals surface area (Å²) in [6.45, 7) is 6.72. The quantitative estimate of drug-likeness (QED) is 0.765. The molecule has 0 radical (unpaired) electrons. The van der Waals surface area contributed by atoms with E-state index in [2.05, 4.69) is 10.4 Å². The van der Waals surface area contributed by atoms with Crippen molar-refractivity contribution in [2.45, 2.75) is 33.4 Å². The highest BCUT2D eigenvalue weighted by molar-refractivity contribution is 7.17. The number of fused-ring (bicyclic) bond motifs is 1. The number of aromatic nitrogens is 2. The summed E-state index contributed by atoms with van der Waals surface area (Å²) in [7, 11) is 0. The van der Waals surface area contributed by atoms with Crippen LogP contribution in [0.4, 0.5) is 5.69 Å². The number of rotatable bonds is 5. The molecule has 0 atom stereocenters. The van der Waals surface area contributed by atoms with Crippen LogP contribution in [0.15, 0.2) is 36.0 Å². The normalized spacial score (nSPS) is 11.1. The van der Waals surface area contributed by atoms with Crippen LogP contribution >= 0.6 is 11.3 Å². The zero-order chi connectivity index (χ0) is 16.4. The molecular weight excluding hydrogens is 310 g/mol. The number of hydrogen-bond acceptors (Lipinski definition) is 4. The molecule has 3 aromatic rings. The molecule has 0 aliphatic rings. The first-order valence-electron chi connectivity index (χ1n) is 7.58. The van der Waals surface area contributed by atoms with Gasteiger partial charge in [-0.25, -0.2) is 0 Å². The number of carbonyl (C=O) groups is 1. The fraction of sp³-hybridized carbons (Fsp3) is 0.294. The predicted octanol–water partition coefficient (Wildman–Crippen LogP) is 4.16. The van der Waals surface area contributed by atoms with Crippen LogP contribution < -0.4 is 10.1 Å². The number of anilines is 1. The van der Waals surface area contributed by atoms with Crippen molar-refractivity contribution in [2.75, 3.05) is 5.32 Å². The summed E-state index contributed by atoms with van der Waals surface area (Å²) >= 11 is 1.60. The van der Waals surface area contributed by atoms with Crippen molar-refractivity contribution in [2.24, 2.45) is 0 Å². The van der Waals surface area contributed by atoms with Gasteiger partial charge in [0.25, 0.3) is 5.91 Å². The van der Waals surface area contributed by atoms with Gasteiger partial charge >= 0.3 is 0 Å². The molecule has 0 saturated heterocycles. The first kappa shape index (κ1) is 15.6. The fourth-order valence-corrected chi connectivity index (χ4v) is 3.17. The van der Waals surface area contributed by atoms with Gasteiger partial charge in [-0.05, 0) is 44.4 Å². The van der Waals surface area contributed by atoms with E-state index in [0.29, 0.717) is 11.3 Å². The topological polar surface area (TPSA) is 56.2 Å². The summed E-state index contributed by atoms with van der Waals surface area (Å²) in [4.78, 5) is 12.5. The number of nitrogens with one attached hydrogen (secondary N) is 1. The second-order valence-electron chi connectivity index (χ2n) is 5.51. The minimum absolute atomic E-state index is 0.0548. The molecule has 6 heteroatoms. The lowest BCUT2D eigenvalue weighted by Crippen LogP contribution is -2.12. The number of aryl methyl sites for hydroxylation is 1. The lowest BCUT2D eigenvalue weighted by Gasteiger charge is -2.12. The molecule has 0 unspecified atom stereocenters. The van der Waals surface area contributed by atoms with Gasteiger partial charge in [0.05, 0.1) is 18.0 Å². The molecule has 0 saturated carbocycles. The smallest absolute Gasteiger partial charge is 0.255 e. The molecule has 2 heterocycles. The molecule has 23 heavy (non-hydrogen) atoms. The van der Waals surface area contributed by atoms with Crippen molar-refractivity contribution in [1.29, 1.82) is 0 Å². The highest BCUT2D eigenvalue weighted by Gasteiger charge is 2.14. The molecule has 5 nitrogen and oxygen atoms in total.